The molecule has 1 saturated heterocycles. The van der Waals surface area contributed by atoms with E-state index in [1.54, 1.807) is 0 Å². The lowest BCUT2D eigenvalue weighted by molar-refractivity contribution is -0.671. The molecule has 4 nitrogen and oxygen atoms in total. The maximum atomic E-state index is 5.72. The van der Waals surface area contributed by atoms with Crippen molar-refractivity contribution in [3.05, 3.63) is 43.0 Å². The van der Waals surface area contributed by atoms with E-state index in [4.69, 9.17) is 5.73 Å². The van der Waals surface area contributed by atoms with Crippen LogP contribution in [0, 0.1) is 0 Å². The third-order valence-corrected chi connectivity index (χ3v) is 3.63. The molecule has 2 heterocycles. The number of nitrogens with two attached hydrogens (primary N) is 1. The zero-order chi connectivity index (χ0) is 12.5. The molecule has 1 unspecified atom stereocenters. The molecule has 0 aliphatic carbocycles. The lowest BCUT2D eigenvalue weighted by Gasteiger charge is -2.17. The van der Waals surface area contributed by atoms with Crippen molar-refractivity contribution in [2.75, 3.05) is 23.7 Å². The van der Waals surface area contributed by atoms with Crippen LogP contribution < -0.4 is 27.6 Å². The van der Waals surface area contributed by atoms with Crippen molar-refractivity contribution in [1.82, 2.24) is 4.57 Å². The van der Waals surface area contributed by atoms with E-state index in [0.717, 1.165) is 18.8 Å². The van der Waals surface area contributed by atoms with Crippen molar-refractivity contribution >= 4 is 11.4 Å². The highest BCUT2D eigenvalue weighted by Gasteiger charge is 2.27. The molecule has 2 N–H and O–H groups in total. The first-order valence-corrected chi connectivity index (χ1v) is 6.35. The molecule has 0 bridgehead atoms. The number of imidazole rings is 1. The minimum Gasteiger partial charge on any atom is -1.00 e. The molecule has 1 aromatic heterocycles. The largest absolute Gasteiger partial charge is 1.00 e. The minimum atomic E-state index is 0. The van der Waals surface area contributed by atoms with Gasteiger partial charge in [0.05, 0.1) is 13.6 Å². The number of hydrogen-bond donors (Lipinski definition) is 1. The average Bonchev–Trinajstić information content (AvgIpc) is 2.98. The number of anilines is 2. The smallest absolute Gasteiger partial charge is 0.243 e. The number of hydrogen-bond acceptors (Lipinski definition) is 2. The van der Waals surface area contributed by atoms with Crippen LogP contribution in [0.4, 0.5) is 11.4 Å². The molecule has 0 spiro atoms. The first-order chi connectivity index (χ1) is 8.72. The Labute approximate surface area is 119 Å². The van der Waals surface area contributed by atoms with Crippen LogP contribution in [-0.2, 0) is 7.05 Å². The lowest BCUT2D eigenvalue weighted by atomic mass is 10.2. The van der Waals surface area contributed by atoms with Gasteiger partial charge in [-0.2, -0.15) is 0 Å². The summed E-state index contributed by atoms with van der Waals surface area (Å²) in [6.07, 6.45) is 7.58. The summed E-state index contributed by atoms with van der Waals surface area (Å²) in [5, 5.41) is 0. The normalized spacial score (nSPS) is 18.4. The predicted octanol–water partition coefficient (Wildman–Crippen LogP) is -1.65. The van der Waals surface area contributed by atoms with Crippen molar-refractivity contribution < 1.29 is 17.0 Å². The molecule has 3 rings (SSSR count). The number of benzene rings is 1. The fourth-order valence-electron chi connectivity index (χ4n) is 2.59. The highest BCUT2D eigenvalue weighted by Crippen LogP contribution is 2.26. The first-order valence-electron chi connectivity index (χ1n) is 6.35. The zero-order valence-electron chi connectivity index (χ0n) is 11.0. The Morgan fingerprint density at radius 2 is 2.00 bits per heavy atom. The summed E-state index contributed by atoms with van der Waals surface area (Å²) in [6, 6.07) is 8.72. The summed E-state index contributed by atoms with van der Waals surface area (Å²) in [6.45, 7) is 2.18. The van der Waals surface area contributed by atoms with Gasteiger partial charge in [0.2, 0.25) is 6.33 Å². The second-order valence-corrected chi connectivity index (χ2v) is 5.01. The molecule has 2 aromatic rings. The van der Waals surface area contributed by atoms with Gasteiger partial charge >= 0.3 is 0 Å². The summed E-state index contributed by atoms with van der Waals surface area (Å²) in [5.74, 6) is 0. The molecule has 102 valence electrons. The van der Waals surface area contributed by atoms with Gasteiger partial charge in [0.15, 0.2) is 0 Å². The van der Waals surface area contributed by atoms with Crippen LogP contribution in [0.3, 0.4) is 0 Å². The van der Waals surface area contributed by atoms with Gasteiger partial charge < -0.3 is 23.0 Å². The molecule has 0 amide bonds. The van der Waals surface area contributed by atoms with E-state index in [2.05, 4.69) is 51.9 Å². The van der Waals surface area contributed by atoms with Gasteiger partial charge in [-0.25, -0.2) is 9.13 Å². The van der Waals surface area contributed by atoms with E-state index >= 15 is 0 Å². The molecular weight excluding hydrogens is 260 g/mol. The van der Waals surface area contributed by atoms with Crippen LogP contribution in [0.2, 0.25) is 0 Å². The molecule has 1 aliphatic rings. The van der Waals surface area contributed by atoms with Crippen LogP contribution in [0.15, 0.2) is 43.0 Å². The predicted molar refractivity (Wildman–Crippen MR) is 72.3 cm³/mol. The zero-order valence-corrected chi connectivity index (χ0v) is 11.8. The van der Waals surface area contributed by atoms with E-state index in [0.29, 0.717) is 6.04 Å². The fraction of sp³-hybridized carbons (Fsp3) is 0.357. The van der Waals surface area contributed by atoms with E-state index in [-0.39, 0.29) is 12.4 Å². The summed E-state index contributed by atoms with van der Waals surface area (Å²) >= 11 is 0. The Hall–Kier alpha value is -1.68. The highest BCUT2D eigenvalue weighted by atomic mass is 35.5. The van der Waals surface area contributed by atoms with Crippen molar-refractivity contribution in [2.45, 2.75) is 12.5 Å². The topological polar surface area (TPSA) is 38.1 Å². The number of aromatic nitrogens is 2. The maximum Gasteiger partial charge on any atom is 0.243 e. The second-order valence-electron chi connectivity index (χ2n) is 5.01. The van der Waals surface area contributed by atoms with Crippen molar-refractivity contribution in [3.8, 4) is 0 Å². The van der Waals surface area contributed by atoms with Gasteiger partial charge in [0, 0.05) is 24.3 Å². The molecule has 1 aromatic carbocycles. The van der Waals surface area contributed by atoms with E-state index < -0.39 is 0 Å². The van der Waals surface area contributed by atoms with Crippen LogP contribution in [0.5, 0.6) is 0 Å². The third-order valence-electron chi connectivity index (χ3n) is 3.63. The molecule has 0 radical (unpaired) electrons. The molecular formula is C14H19ClN4. The number of rotatable bonds is 2. The van der Waals surface area contributed by atoms with Crippen LogP contribution in [-0.4, -0.2) is 17.7 Å². The fourth-order valence-corrected chi connectivity index (χ4v) is 2.59. The van der Waals surface area contributed by atoms with Crippen LogP contribution in [0.25, 0.3) is 0 Å². The van der Waals surface area contributed by atoms with Gasteiger partial charge in [-0.1, -0.05) is 0 Å². The Morgan fingerprint density at radius 1 is 1.26 bits per heavy atom. The molecule has 0 saturated carbocycles. The standard InChI is InChI=1S/C14H19N4.ClH/c1-16-8-9-18(11-16)14-6-7-17(10-14)13-4-2-12(15)3-5-13;/h2-5,8-9,11,14H,6-7,10,15H2,1H3;1H/q+1;/p-1. The third kappa shape index (κ3) is 2.84. The Morgan fingerprint density at radius 3 is 2.63 bits per heavy atom. The summed E-state index contributed by atoms with van der Waals surface area (Å²) in [4.78, 5) is 2.42. The Balaban J connectivity index is 0.00000133. The number of nitrogen functional groups attached to an aromatic ring is 1. The van der Waals surface area contributed by atoms with Crippen molar-refractivity contribution in [2.24, 2.45) is 7.05 Å². The minimum absolute atomic E-state index is 0. The summed E-state index contributed by atoms with van der Waals surface area (Å²) in [5.41, 5.74) is 7.81. The van der Waals surface area contributed by atoms with Crippen molar-refractivity contribution in [3.63, 3.8) is 0 Å². The quantitative estimate of drug-likeness (QED) is 0.528. The number of nitrogens with zero attached hydrogens (tertiary/aromatic N) is 3. The first kappa shape index (κ1) is 13.7. The number of halogens is 1. The van der Waals surface area contributed by atoms with Crippen LogP contribution in [0.1, 0.15) is 12.5 Å². The average molecular weight is 279 g/mol. The molecule has 1 fully saturated rings. The molecule has 1 atom stereocenters. The Bertz CT molecular complexity index is 535. The van der Waals surface area contributed by atoms with Gasteiger partial charge in [-0.15, -0.1) is 0 Å². The summed E-state index contributed by atoms with van der Waals surface area (Å²) in [7, 11) is 2.06. The SMILES string of the molecule is C[n+]1ccn(C2CCN(c3ccc(N)cc3)C2)c1.[Cl-]. The highest BCUT2D eigenvalue weighted by molar-refractivity contribution is 5.53. The molecule has 19 heavy (non-hydrogen) atoms. The van der Waals surface area contributed by atoms with Gasteiger partial charge in [-0.05, 0) is 24.3 Å². The second kappa shape index (κ2) is 5.53. The van der Waals surface area contributed by atoms with Crippen LogP contribution >= 0.6 is 0 Å². The molecule has 1 aliphatic heterocycles. The monoisotopic (exact) mass is 278 g/mol. The van der Waals surface area contributed by atoms with E-state index in [9.17, 15) is 0 Å². The maximum absolute atomic E-state index is 5.72. The van der Waals surface area contributed by atoms with E-state index in [1.165, 1.54) is 12.1 Å². The lowest BCUT2D eigenvalue weighted by Crippen LogP contribution is -3.00. The van der Waals surface area contributed by atoms with Gasteiger partial charge in [0.25, 0.3) is 0 Å². The number of aryl methyl sites for hydroxylation is 1. The Kier molecular flexibility index (Phi) is 4.00. The van der Waals surface area contributed by atoms with Crippen molar-refractivity contribution in [1.29, 1.82) is 0 Å². The summed E-state index contributed by atoms with van der Waals surface area (Å²) < 4.78 is 4.39. The van der Waals surface area contributed by atoms with E-state index in [1.807, 2.05) is 12.1 Å². The van der Waals surface area contributed by atoms with Gasteiger partial charge in [-0.3, -0.25) is 0 Å². The molecule has 5 heteroatoms. The van der Waals surface area contributed by atoms with Gasteiger partial charge in [0.1, 0.15) is 18.4 Å².